The summed E-state index contributed by atoms with van der Waals surface area (Å²) >= 11 is 0. The van der Waals surface area contributed by atoms with Gasteiger partial charge < -0.3 is 9.32 Å². The van der Waals surface area contributed by atoms with Crippen molar-refractivity contribution in [3.63, 3.8) is 0 Å². The molecule has 0 amide bonds. The molecule has 0 aliphatic heterocycles. The summed E-state index contributed by atoms with van der Waals surface area (Å²) in [7, 11) is 0. The van der Waals surface area contributed by atoms with Crippen molar-refractivity contribution >= 4 is 49.8 Å². The van der Waals surface area contributed by atoms with E-state index >= 15 is 0 Å². The Balaban J connectivity index is 1.02. The zero-order chi connectivity index (χ0) is 38.1. The summed E-state index contributed by atoms with van der Waals surface area (Å²) in [4.78, 5) is 2.43. The highest BCUT2D eigenvalue weighted by molar-refractivity contribution is 6.06. The van der Waals surface area contributed by atoms with Gasteiger partial charge in [-0.2, -0.15) is 0 Å². The Labute approximate surface area is 332 Å². The highest BCUT2D eigenvalue weighted by atomic mass is 16.3. The normalized spacial score (nSPS) is 12.9. The molecule has 0 saturated heterocycles. The Kier molecular flexibility index (Phi) is 7.55. The van der Waals surface area contributed by atoms with Crippen molar-refractivity contribution in [3.05, 3.63) is 211 Å². The summed E-state index contributed by atoms with van der Waals surface area (Å²) in [5.74, 6) is 0. The van der Waals surface area contributed by atoms with Crippen LogP contribution in [0.5, 0.6) is 0 Å². The molecule has 1 aromatic heterocycles. The summed E-state index contributed by atoms with van der Waals surface area (Å²) in [6.07, 6.45) is 0. The monoisotopic (exact) mass is 729 g/mol. The van der Waals surface area contributed by atoms with Crippen LogP contribution in [0.2, 0.25) is 0 Å². The number of rotatable bonds is 6. The lowest BCUT2D eigenvalue weighted by molar-refractivity contribution is 0.660. The number of anilines is 3. The summed E-state index contributed by atoms with van der Waals surface area (Å²) < 4.78 is 6.14. The molecular formula is C55H39NO. The number of furan rings is 1. The van der Waals surface area contributed by atoms with Crippen LogP contribution in [0.3, 0.4) is 0 Å². The molecule has 2 nitrogen and oxygen atoms in total. The van der Waals surface area contributed by atoms with Crippen LogP contribution in [0, 0.1) is 0 Å². The molecule has 0 atom stereocenters. The van der Waals surface area contributed by atoms with Gasteiger partial charge in [0.25, 0.3) is 0 Å². The van der Waals surface area contributed by atoms with E-state index in [0.717, 1.165) is 50.1 Å². The number of nitrogens with zero attached hydrogens (tertiary/aromatic N) is 1. The average Bonchev–Trinajstić information content (AvgIpc) is 3.75. The number of hydrogen-bond donors (Lipinski definition) is 0. The van der Waals surface area contributed by atoms with Crippen LogP contribution in [0.1, 0.15) is 25.0 Å². The fourth-order valence-electron chi connectivity index (χ4n) is 9.08. The number of benzene rings is 9. The molecule has 0 N–H and O–H groups in total. The van der Waals surface area contributed by atoms with E-state index in [-0.39, 0.29) is 5.41 Å². The molecule has 0 spiro atoms. The van der Waals surface area contributed by atoms with E-state index < -0.39 is 0 Å². The summed E-state index contributed by atoms with van der Waals surface area (Å²) in [5.41, 5.74) is 17.5. The first-order valence-electron chi connectivity index (χ1n) is 19.7. The van der Waals surface area contributed by atoms with E-state index in [9.17, 15) is 0 Å². The molecule has 0 bridgehead atoms. The van der Waals surface area contributed by atoms with Crippen LogP contribution < -0.4 is 4.90 Å². The van der Waals surface area contributed by atoms with E-state index in [1.807, 2.05) is 12.1 Å². The van der Waals surface area contributed by atoms with Crippen LogP contribution in [-0.4, -0.2) is 0 Å². The number of fused-ring (bicyclic) bond motifs is 7. The SMILES string of the molecule is CC1(C)c2cc(-c3ccc4ccccc4c3)ccc2-c2ccc(N(c3ccc(-c4ccc5oc6ccccc6c5c4)cc3)c3ccccc3-c3ccccc3)cc21. The third kappa shape index (κ3) is 5.48. The standard InChI is InChI=1S/C55H39NO/c1-55(2)50-34-42(40-21-20-36-12-6-7-15-39(36)32-40)24-29-46(50)47-30-28-44(35-51(47)55)56(52-18-10-8-16-45(52)38-13-4-3-5-14-38)43-26-22-37(23-27-43)41-25-31-54-49(33-41)48-17-9-11-19-53(48)57-54/h3-35H,1-2H3. The molecule has 0 radical (unpaired) electrons. The van der Waals surface area contributed by atoms with Gasteiger partial charge in [-0.05, 0) is 122 Å². The summed E-state index contributed by atoms with van der Waals surface area (Å²) in [5, 5.41) is 4.80. The Morgan fingerprint density at radius 3 is 1.82 bits per heavy atom. The maximum Gasteiger partial charge on any atom is 0.135 e. The number of para-hydroxylation sites is 2. The van der Waals surface area contributed by atoms with Gasteiger partial charge in [0.15, 0.2) is 0 Å². The molecule has 1 aliphatic carbocycles. The maximum absolute atomic E-state index is 6.14. The third-order valence-electron chi connectivity index (χ3n) is 12.1. The molecule has 9 aromatic carbocycles. The topological polar surface area (TPSA) is 16.4 Å². The van der Waals surface area contributed by atoms with Crippen LogP contribution in [-0.2, 0) is 5.41 Å². The highest BCUT2D eigenvalue weighted by Crippen LogP contribution is 2.52. The van der Waals surface area contributed by atoms with Crippen molar-refractivity contribution in [3.8, 4) is 44.5 Å². The van der Waals surface area contributed by atoms with Gasteiger partial charge in [0, 0.05) is 33.1 Å². The Morgan fingerprint density at radius 1 is 0.368 bits per heavy atom. The van der Waals surface area contributed by atoms with Crippen LogP contribution >= 0.6 is 0 Å². The van der Waals surface area contributed by atoms with Crippen molar-refractivity contribution in [2.75, 3.05) is 4.90 Å². The zero-order valence-corrected chi connectivity index (χ0v) is 31.9. The molecule has 0 unspecified atom stereocenters. The van der Waals surface area contributed by atoms with E-state index in [1.165, 1.54) is 55.3 Å². The Hall–Kier alpha value is -7.16. The first-order chi connectivity index (χ1) is 28.0. The molecule has 1 heterocycles. The molecule has 270 valence electrons. The molecule has 10 aromatic rings. The smallest absolute Gasteiger partial charge is 0.135 e. The van der Waals surface area contributed by atoms with Crippen molar-refractivity contribution in [1.29, 1.82) is 0 Å². The number of hydrogen-bond acceptors (Lipinski definition) is 2. The summed E-state index contributed by atoms with van der Waals surface area (Å²) in [6.45, 7) is 4.76. The fourth-order valence-corrected chi connectivity index (χ4v) is 9.08. The lowest BCUT2D eigenvalue weighted by Crippen LogP contribution is -2.17. The minimum Gasteiger partial charge on any atom is -0.456 e. The van der Waals surface area contributed by atoms with Crippen molar-refractivity contribution in [2.45, 2.75) is 19.3 Å². The van der Waals surface area contributed by atoms with Gasteiger partial charge in [0.2, 0.25) is 0 Å². The molecular weight excluding hydrogens is 691 g/mol. The lowest BCUT2D eigenvalue weighted by atomic mass is 9.81. The highest BCUT2D eigenvalue weighted by Gasteiger charge is 2.36. The Morgan fingerprint density at radius 2 is 0.965 bits per heavy atom. The van der Waals surface area contributed by atoms with E-state index in [1.54, 1.807) is 0 Å². The zero-order valence-electron chi connectivity index (χ0n) is 31.9. The molecule has 57 heavy (non-hydrogen) atoms. The van der Waals surface area contributed by atoms with Crippen molar-refractivity contribution in [2.24, 2.45) is 0 Å². The van der Waals surface area contributed by atoms with Crippen molar-refractivity contribution in [1.82, 2.24) is 0 Å². The predicted octanol–water partition coefficient (Wildman–Crippen LogP) is 15.5. The first kappa shape index (κ1) is 33.2. The molecule has 0 saturated carbocycles. The second-order valence-electron chi connectivity index (χ2n) is 15.8. The van der Waals surface area contributed by atoms with Gasteiger partial charge >= 0.3 is 0 Å². The van der Waals surface area contributed by atoms with Gasteiger partial charge in [-0.15, -0.1) is 0 Å². The molecule has 0 fully saturated rings. The average molecular weight is 730 g/mol. The molecule has 11 rings (SSSR count). The predicted molar refractivity (Wildman–Crippen MR) is 240 cm³/mol. The van der Waals surface area contributed by atoms with Gasteiger partial charge in [0.05, 0.1) is 5.69 Å². The first-order valence-corrected chi connectivity index (χ1v) is 19.7. The maximum atomic E-state index is 6.14. The van der Waals surface area contributed by atoms with E-state index in [2.05, 4.69) is 207 Å². The second kappa shape index (κ2) is 13.0. The van der Waals surface area contributed by atoms with Crippen molar-refractivity contribution < 1.29 is 4.42 Å². The minimum absolute atomic E-state index is 0.197. The van der Waals surface area contributed by atoms with Gasteiger partial charge in [-0.25, -0.2) is 0 Å². The van der Waals surface area contributed by atoms with Crippen LogP contribution in [0.4, 0.5) is 17.1 Å². The van der Waals surface area contributed by atoms with E-state index in [4.69, 9.17) is 4.42 Å². The second-order valence-corrected chi connectivity index (χ2v) is 15.8. The Bertz CT molecular complexity index is 3150. The summed E-state index contributed by atoms with van der Waals surface area (Å²) in [6, 6.07) is 72.8. The van der Waals surface area contributed by atoms with Crippen LogP contribution in [0.15, 0.2) is 205 Å². The van der Waals surface area contributed by atoms with Crippen LogP contribution in [0.25, 0.3) is 77.2 Å². The van der Waals surface area contributed by atoms with Gasteiger partial charge in [-0.1, -0.05) is 153 Å². The van der Waals surface area contributed by atoms with Gasteiger partial charge in [0.1, 0.15) is 11.2 Å². The van der Waals surface area contributed by atoms with Gasteiger partial charge in [-0.3, -0.25) is 0 Å². The quantitative estimate of drug-likeness (QED) is 0.169. The minimum atomic E-state index is -0.197. The third-order valence-corrected chi connectivity index (χ3v) is 12.1. The fraction of sp³-hybridized carbons (Fsp3) is 0.0545. The molecule has 2 heteroatoms. The largest absolute Gasteiger partial charge is 0.456 e. The molecule has 1 aliphatic rings. The van der Waals surface area contributed by atoms with E-state index in [0.29, 0.717) is 0 Å². The lowest BCUT2D eigenvalue weighted by Gasteiger charge is -2.30.